The summed E-state index contributed by atoms with van der Waals surface area (Å²) in [7, 11) is 3.09. The van der Waals surface area contributed by atoms with Gasteiger partial charge < -0.3 is 23.7 Å². The second-order valence-corrected chi connectivity index (χ2v) is 21.4. The molecule has 0 amide bonds. The maximum absolute atomic E-state index is 10.6. The van der Waals surface area contributed by atoms with Crippen LogP contribution in [0, 0.1) is 22.0 Å². The number of halogens is 2. The molecule has 103 heavy (non-hydrogen) atoms. The number of hydrogen-bond acceptors (Lipinski definition) is 17. The number of aromatic nitrogens is 1. The van der Waals surface area contributed by atoms with Crippen molar-refractivity contribution >= 4 is 109 Å². The standard InChI is InChI=1S/C11H8O.C10H20O.C9H10O3.C9H8O.C9H6O.C8H6O3.C7H4Cl2O.C7H5NO3.C7H6O.C6H5NO/c12-8-10-6-3-5-9-4-1-2-7-11(9)10;1-2-3-4-5-6-7-8-9-10-11;1-11-8-4-3-7(6-10)5-9(8)12-2;1-2-8-3-5-9(7-10)6-4-8;10-8-4-7-9-5-2-1-3-6-9;9-4-6-1-2-7-8(3-6)11-5-10-7;8-6-3-1-2-5(4-10)7(6)9;9-5-6-1-3-7(4-2-6)8(10)11;8-6-7-4-2-1-3-5-7;8-5-6-3-1-2-4-7-6/h1-8H;10H,2-9H2,1H3;3-6H,1-2H3;2-7H,1H2;1-3,5-6,8H;1-4H,5H2;1-4H;1-5H;1-6H;1-5H. The molecule has 530 valence electrons. The van der Waals surface area contributed by atoms with Gasteiger partial charge in [-0.1, -0.05) is 221 Å². The number of methoxy groups -OCH3 is 2. The SMILES string of the molecule is C=Cc1ccc(C=O)cc1.CCCCCCCCCC=O.COc1ccc(C=O)cc1OC.O=CC#Cc1ccccc1.O=Cc1ccc([N+](=O)[O-])cc1.O=Cc1ccc2c(c1)OCO2.O=Cc1cccc(Cl)c1Cl.O=Cc1cccc2ccccc12.O=Cc1ccccc1.O=Cc1ccccn1. The molecule has 11 rings (SSSR count). The molecule has 1 aliphatic heterocycles. The van der Waals surface area contributed by atoms with Crippen LogP contribution in [-0.4, -0.2) is 93.8 Å². The van der Waals surface area contributed by atoms with Crippen LogP contribution in [0.25, 0.3) is 16.8 Å². The Bertz CT molecular complexity index is 4170. The number of non-ortho nitro benzene ring substituents is 1. The van der Waals surface area contributed by atoms with Gasteiger partial charge in [0.2, 0.25) is 6.79 Å². The molecular formula is C83H78Cl2N2O16. The fourth-order valence-corrected chi connectivity index (χ4v) is 8.41. The van der Waals surface area contributed by atoms with Gasteiger partial charge in [-0.05, 0) is 108 Å². The van der Waals surface area contributed by atoms with Gasteiger partial charge in [-0.2, -0.15) is 0 Å². The summed E-state index contributed by atoms with van der Waals surface area (Å²) in [4.78, 5) is 115. The van der Waals surface area contributed by atoms with E-state index < -0.39 is 4.92 Å². The Balaban J connectivity index is 0.000000390. The summed E-state index contributed by atoms with van der Waals surface area (Å²) in [5, 5.41) is 13.0. The molecule has 0 bridgehead atoms. The van der Waals surface area contributed by atoms with Crippen molar-refractivity contribution in [3.05, 3.63) is 313 Å². The van der Waals surface area contributed by atoms with Crippen LogP contribution in [0.4, 0.5) is 5.69 Å². The monoisotopic (exact) mass is 1430 g/mol. The Morgan fingerprint density at radius 1 is 0.495 bits per heavy atom. The molecule has 0 radical (unpaired) electrons. The number of carbonyl (C=O) groups is 10. The Morgan fingerprint density at radius 3 is 1.52 bits per heavy atom. The molecule has 10 aromatic rings. The van der Waals surface area contributed by atoms with E-state index in [-0.39, 0.29) is 12.5 Å². The van der Waals surface area contributed by atoms with Gasteiger partial charge in [0.15, 0.2) is 48.1 Å². The fourth-order valence-electron chi connectivity index (χ4n) is 8.06. The van der Waals surface area contributed by atoms with Crippen LogP contribution in [0.5, 0.6) is 23.0 Å². The van der Waals surface area contributed by atoms with E-state index in [2.05, 4.69) is 30.3 Å². The minimum Gasteiger partial charge on any atom is -0.493 e. The summed E-state index contributed by atoms with van der Waals surface area (Å²) in [5.74, 6) is 7.56. The number of pyridine rings is 1. The van der Waals surface area contributed by atoms with E-state index in [1.54, 1.807) is 116 Å². The summed E-state index contributed by atoms with van der Waals surface area (Å²) < 4.78 is 20.1. The quantitative estimate of drug-likeness (QED) is 0.0226. The normalized spacial score (nSPS) is 9.49. The molecule has 0 atom stereocenters. The maximum Gasteiger partial charge on any atom is 0.269 e. The Labute approximate surface area is 609 Å². The molecule has 0 unspecified atom stereocenters. The van der Waals surface area contributed by atoms with E-state index in [4.69, 9.17) is 42.1 Å². The predicted octanol–water partition coefficient (Wildman–Crippen LogP) is 18.7. The van der Waals surface area contributed by atoms with Crippen LogP contribution in [0.3, 0.4) is 0 Å². The lowest BCUT2D eigenvalue weighted by Gasteiger charge is -2.06. The van der Waals surface area contributed by atoms with Crippen molar-refractivity contribution in [3.8, 4) is 34.8 Å². The van der Waals surface area contributed by atoms with Gasteiger partial charge in [0.05, 0.1) is 29.2 Å². The van der Waals surface area contributed by atoms with Gasteiger partial charge in [0.1, 0.15) is 43.4 Å². The van der Waals surface area contributed by atoms with Crippen LogP contribution >= 0.6 is 23.2 Å². The number of unbranched alkanes of at least 4 members (excludes halogenated alkanes) is 7. The molecule has 0 N–H and O–H groups in total. The molecule has 1 aromatic heterocycles. The molecule has 9 aromatic carbocycles. The highest BCUT2D eigenvalue weighted by molar-refractivity contribution is 6.43. The van der Waals surface area contributed by atoms with Gasteiger partial charge in [-0.15, -0.1) is 0 Å². The van der Waals surface area contributed by atoms with E-state index in [0.717, 1.165) is 89.9 Å². The average molecular weight is 1430 g/mol. The molecule has 0 aliphatic carbocycles. The Kier molecular flexibility index (Phi) is 46.7. The second kappa shape index (κ2) is 55.4. The number of carbonyl (C=O) groups excluding carboxylic acids is 10. The number of nitro groups is 1. The summed E-state index contributed by atoms with van der Waals surface area (Å²) in [5.41, 5.74) is 6.61. The maximum atomic E-state index is 10.6. The number of hydrogen-bond donors (Lipinski definition) is 0. The summed E-state index contributed by atoms with van der Waals surface area (Å²) >= 11 is 11.2. The highest BCUT2D eigenvalue weighted by Gasteiger charge is 2.12. The van der Waals surface area contributed by atoms with Crippen LogP contribution in [0.2, 0.25) is 10.0 Å². The molecule has 0 fully saturated rings. The zero-order valence-corrected chi connectivity index (χ0v) is 58.6. The van der Waals surface area contributed by atoms with Crippen LogP contribution in [0.1, 0.15) is 152 Å². The molecule has 2 heterocycles. The first kappa shape index (κ1) is 86.7. The van der Waals surface area contributed by atoms with E-state index in [0.29, 0.717) is 85.4 Å². The zero-order chi connectivity index (χ0) is 75.5. The van der Waals surface area contributed by atoms with Crippen molar-refractivity contribution in [1.82, 2.24) is 4.98 Å². The molecule has 0 spiro atoms. The number of benzene rings is 9. The Morgan fingerprint density at radius 2 is 1.00 bits per heavy atom. The lowest BCUT2D eigenvalue weighted by molar-refractivity contribution is -0.384. The van der Waals surface area contributed by atoms with Crippen molar-refractivity contribution < 1.29 is 71.8 Å². The number of rotatable bonds is 20. The van der Waals surface area contributed by atoms with Crippen molar-refractivity contribution in [2.45, 2.75) is 58.3 Å². The van der Waals surface area contributed by atoms with E-state index in [1.165, 1.54) is 69.9 Å². The molecule has 18 nitrogen and oxygen atoms in total. The van der Waals surface area contributed by atoms with E-state index in [9.17, 15) is 58.1 Å². The second-order valence-electron chi connectivity index (χ2n) is 20.6. The van der Waals surface area contributed by atoms with Gasteiger partial charge >= 0.3 is 0 Å². The topological polar surface area (TPSA) is 264 Å². The first-order chi connectivity index (χ1) is 50.2. The first-order valence-corrected chi connectivity index (χ1v) is 32.5. The third-order valence-corrected chi connectivity index (χ3v) is 14.2. The number of fused-ring (bicyclic) bond motifs is 2. The van der Waals surface area contributed by atoms with Crippen LogP contribution in [-0.2, 0) is 9.59 Å². The zero-order valence-electron chi connectivity index (χ0n) is 57.0. The van der Waals surface area contributed by atoms with Crippen molar-refractivity contribution in [2.75, 3.05) is 21.0 Å². The van der Waals surface area contributed by atoms with Crippen molar-refractivity contribution in [2.24, 2.45) is 0 Å². The summed E-state index contributed by atoms with van der Waals surface area (Å²) in [6.45, 7) is 6.07. The third kappa shape index (κ3) is 36.8. The molecule has 0 saturated heterocycles. The summed E-state index contributed by atoms with van der Waals surface area (Å²) in [6.07, 6.45) is 20.9. The van der Waals surface area contributed by atoms with Gasteiger partial charge in [0, 0.05) is 69.3 Å². The van der Waals surface area contributed by atoms with Crippen molar-refractivity contribution in [3.63, 3.8) is 0 Å². The van der Waals surface area contributed by atoms with E-state index >= 15 is 0 Å². The van der Waals surface area contributed by atoms with Gasteiger partial charge in [-0.25, -0.2) is 0 Å². The lowest BCUT2D eigenvalue weighted by atomic mass is 10.1. The highest BCUT2D eigenvalue weighted by Crippen LogP contribution is 2.32. The first-order valence-electron chi connectivity index (χ1n) is 31.7. The third-order valence-electron chi connectivity index (χ3n) is 13.4. The fraction of sp³-hybridized carbons (Fsp3) is 0.145. The van der Waals surface area contributed by atoms with Crippen LogP contribution < -0.4 is 18.9 Å². The smallest absolute Gasteiger partial charge is 0.269 e. The number of aldehydes is 10. The number of nitrogens with zero attached hydrogens (tertiary/aromatic N) is 2. The molecular weight excluding hydrogens is 1350 g/mol. The predicted molar refractivity (Wildman–Crippen MR) is 404 cm³/mol. The van der Waals surface area contributed by atoms with Crippen molar-refractivity contribution in [1.29, 1.82) is 0 Å². The average Bonchev–Trinajstić information content (AvgIpc) is 1.44. The molecule has 1 aliphatic rings. The largest absolute Gasteiger partial charge is 0.493 e. The highest BCUT2D eigenvalue weighted by atomic mass is 35.5. The number of nitro benzene ring substituents is 1. The minimum atomic E-state index is -0.505. The van der Waals surface area contributed by atoms with Gasteiger partial charge in [0.25, 0.3) is 5.69 Å². The molecule has 0 saturated carbocycles. The minimum absolute atomic E-state index is 0.00407. The Hall–Kier alpha value is -12.4. The number of ether oxygens (including phenoxy) is 4. The lowest BCUT2D eigenvalue weighted by Crippen LogP contribution is -1.92. The van der Waals surface area contributed by atoms with Crippen LogP contribution in [0.15, 0.2) is 237 Å². The summed E-state index contributed by atoms with van der Waals surface area (Å²) in [6, 6.07) is 65.0. The van der Waals surface area contributed by atoms with E-state index in [1.807, 2.05) is 103 Å². The van der Waals surface area contributed by atoms with Gasteiger partial charge in [-0.3, -0.25) is 58.2 Å². The molecule has 20 heteroatoms.